The number of aliphatic hydroxyl groups is 1. The van der Waals surface area contributed by atoms with Crippen LogP contribution < -0.4 is 0 Å². The average Bonchev–Trinajstić information content (AvgIpc) is 2.34. The molecule has 0 fully saturated rings. The maximum atomic E-state index is 9.18. The molecular weight excluding hydrogens is 254 g/mol. The zero-order chi connectivity index (χ0) is 14.7. The van der Waals surface area contributed by atoms with Gasteiger partial charge in [-0.25, -0.2) is 0 Å². The molecular formula is C15H27NO2Si. The van der Waals surface area contributed by atoms with Gasteiger partial charge in [-0.05, 0) is 36.7 Å². The summed E-state index contributed by atoms with van der Waals surface area (Å²) in [6, 6.07) is 5.76. The van der Waals surface area contributed by atoms with Crippen molar-refractivity contribution in [1.29, 1.82) is 0 Å². The van der Waals surface area contributed by atoms with E-state index in [0.29, 0.717) is 5.69 Å². The first-order valence-electron chi connectivity index (χ1n) is 6.95. The van der Waals surface area contributed by atoms with Crippen molar-refractivity contribution in [3.05, 3.63) is 29.6 Å². The van der Waals surface area contributed by atoms with E-state index >= 15 is 0 Å². The lowest BCUT2D eigenvalue weighted by Crippen LogP contribution is -2.41. The molecule has 3 nitrogen and oxygen atoms in total. The van der Waals surface area contributed by atoms with Gasteiger partial charge in [0.05, 0.1) is 24.1 Å². The molecule has 0 spiro atoms. The third kappa shape index (κ3) is 4.13. The fourth-order valence-corrected chi connectivity index (χ4v) is 3.00. The Morgan fingerprint density at radius 2 is 1.95 bits per heavy atom. The van der Waals surface area contributed by atoms with Crippen molar-refractivity contribution in [2.45, 2.75) is 65.0 Å². The van der Waals surface area contributed by atoms with Gasteiger partial charge in [-0.1, -0.05) is 33.8 Å². The van der Waals surface area contributed by atoms with Crippen LogP contribution in [0.1, 0.15) is 51.6 Å². The molecule has 1 aromatic rings. The van der Waals surface area contributed by atoms with Gasteiger partial charge in [-0.3, -0.25) is 4.98 Å². The van der Waals surface area contributed by atoms with E-state index in [0.717, 1.165) is 12.1 Å². The molecule has 1 aromatic heterocycles. The van der Waals surface area contributed by atoms with Crippen molar-refractivity contribution in [1.82, 2.24) is 4.98 Å². The summed E-state index contributed by atoms with van der Waals surface area (Å²) < 4.78 is 6.43. The van der Waals surface area contributed by atoms with E-state index < -0.39 is 8.32 Å². The van der Waals surface area contributed by atoms with Gasteiger partial charge < -0.3 is 9.53 Å². The van der Waals surface area contributed by atoms with Gasteiger partial charge in [0.25, 0.3) is 0 Å². The maximum absolute atomic E-state index is 9.18. The lowest BCUT2D eigenvalue weighted by molar-refractivity contribution is 0.174. The minimum absolute atomic E-state index is 0.0207. The quantitative estimate of drug-likeness (QED) is 0.828. The van der Waals surface area contributed by atoms with Crippen molar-refractivity contribution in [2.75, 3.05) is 0 Å². The second kappa shape index (κ2) is 6.16. The Morgan fingerprint density at radius 3 is 2.42 bits per heavy atom. The Labute approximate surface area is 118 Å². The summed E-state index contributed by atoms with van der Waals surface area (Å²) in [7, 11) is -1.80. The molecule has 1 heterocycles. The summed E-state index contributed by atoms with van der Waals surface area (Å²) in [5.41, 5.74) is 1.63. The number of pyridine rings is 1. The van der Waals surface area contributed by atoms with E-state index in [1.807, 2.05) is 18.2 Å². The molecule has 0 bridgehead atoms. The summed E-state index contributed by atoms with van der Waals surface area (Å²) in [6.07, 6.45) is 0.918. The lowest BCUT2D eigenvalue weighted by Gasteiger charge is -2.39. The molecule has 0 amide bonds. The molecule has 0 saturated heterocycles. The van der Waals surface area contributed by atoms with Crippen molar-refractivity contribution >= 4 is 8.32 Å². The minimum atomic E-state index is -1.80. The summed E-state index contributed by atoms with van der Waals surface area (Å²) in [5.74, 6) is 0. The molecule has 19 heavy (non-hydrogen) atoms. The molecule has 1 atom stereocenters. The lowest BCUT2D eigenvalue weighted by atomic mass is 10.2. The molecule has 0 radical (unpaired) electrons. The molecule has 4 heteroatoms. The summed E-state index contributed by atoms with van der Waals surface area (Å²) in [5, 5.41) is 9.37. The molecule has 1 rings (SSSR count). The van der Waals surface area contributed by atoms with Crippen LogP contribution in [0.3, 0.4) is 0 Å². The average molecular weight is 281 g/mol. The van der Waals surface area contributed by atoms with Gasteiger partial charge >= 0.3 is 0 Å². The highest BCUT2D eigenvalue weighted by atomic mass is 28.4. The third-order valence-corrected chi connectivity index (χ3v) is 8.42. The highest BCUT2D eigenvalue weighted by molar-refractivity contribution is 6.74. The second-order valence-corrected chi connectivity index (χ2v) is 11.2. The Bertz CT molecular complexity index is 413. The Hall–Kier alpha value is -0.713. The molecule has 0 saturated carbocycles. The Kier molecular flexibility index (Phi) is 5.30. The predicted octanol–water partition coefficient (Wildman–Crippen LogP) is 4.05. The first-order chi connectivity index (χ1) is 8.71. The van der Waals surface area contributed by atoms with Gasteiger partial charge in [-0.15, -0.1) is 0 Å². The van der Waals surface area contributed by atoms with Gasteiger partial charge in [0.1, 0.15) is 0 Å². The van der Waals surface area contributed by atoms with Crippen LogP contribution in [0.15, 0.2) is 18.2 Å². The van der Waals surface area contributed by atoms with Crippen LogP contribution in [0.5, 0.6) is 0 Å². The molecule has 0 aliphatic heterocycles. The highest BCUT2D eigenvalue weighted by Crippen LogP contribution is 2.40. The molecule has 0 aromatic carbocycles. The topological polar surface area (TPSA) is 42.4 Å². The summed E-state index contributed by atoms with van der Waals surface area (Å²) in [6.45, 7) is 13.3. The van der Waals surface area contributed by atoms with E-state index in [2.05, 4.69) is 45.8 Å². The van der Waals surface area contributed by atoms with Crippen molar-refractivity contribution in [2.24, 2.45) is 0 Å². The number of hydrogen-bond donors (Lipinski definition) is 1. The first-order valence-corrected chi connectivity index (χ1v) is 9.86. The fourth-order valence-electron chi connectivity index (χ4n) is 1.65. The van der Waals surface area contributed by atoms with Gasteiger partial charge in [0, 0.05) is 0 Å². The zero-order valence-corrected chi connectivity index (χ0v) is 14.0. The molecule has 0 aliphatic rings. The largest absolute Gasteiger partial charge is 0.408 e. The molecule has 1 N–H and O–H groups in total. The second-order valence-electron chi connectivity index (χ2n) is 6.49. The summed E-state index contributed by atoms with van der Waals surface area (Å²) >= 11 is 0. The Morgan fingerprint density at radius 1 is 1.32 bits per heavy atom. The number of rotatable bonds is 5. The highest BCUT2D eigenvalue weighted by Gasteiger charge is 2.39. The van der Waals surface area contributed by atoms with Gasteiger partial charge in [0.15, 0.2) is 8.32 Å². The number of nitrogens with zero attached hydrogens (tertiary/aromatic N) is 1. The van der Waals surface area contributed by atoms with Crippen LogP contribution in [-0.2, 0) is 11.0 Å². The van der Waals surface area contributed by atoms with Gasteiger partial charge in [0.2, 0.25) is 0 Å². The van der Waals surface area contributed by atoms with E-state index in [1.54, 1.807) is 0 Å². The minimum Gasteiger partial charge on any atom is -0.408 e. The molecule has 1 unspecified atom stereocenters. The van der Waals surface area contributed by atoms with Crippen LogP contribution in [0.25, 0.3) is 0 Å². The number of aromatic nitrogens is 1. The van der Waals surface area contributed by atoms with Crippen molar-refractivity contribution in [3.63, 3.8) is 0 Å². The van der Waals surface area contributed by atoms with E-state index in [9.17, 15) is 5.11 Å². The van der Waals surface area contributed by atoms with Crippen LogP contribution in [0.4, 0.5) is 0 Å². The maximum Gasteiger partial charge on any atom is 0.192 e. The first kappa shape index (κ1) is 16.3. The fraction of sp³-hybridized carbons (Fsp3) is 0.667. The standard InChI is InChI=1S/C15H27NO2Si/c1-7-14(18-19(5,6)15(2,3)4)13-10-8-9-12(11-17)16-13/h8-10,14,17H,7,11H2,1-6H3. The van der Waals surface area contributed by atoms with Crippen LogP contribution >= 0.6 is 0 Å². The SMILES string of the molecule is CCC(O[Si](C)(C)C(C)(C)C)c1cccc(CO)n1. The number of hydrogen-bond acceptors (Lipinski definition) is 3. The smallest absolute Gasteiger partial charge is 0.192 e. The monoisotopic (exact) mass is 281 g/mol. The van der Waals surface area contributed by atoms with Gasteiger partial charge in [-0.2, -0.15) is 0 Å². The Balaban J connectivity index is 2.95. The van der Waals surface area contributed by atoms with Crippen LogP contribution in [0, 0.1) is 0 Å². The van der Waals surface area contributed by atoms with Crippen molar-refractivity contribution in [3.8, 4) is 0 Å². The third-order valence-electron chi connectivity index (χ3n) is 3.93. The molecule has 0 aliphatic carbocycles. The van der Waals surface area contributed by atoms with Crippen molar-refractivity contribution < 1.29 is 9.53 Å². The van der Waals surface area contributed by atoms with Crippen LogP contribution in [-0.4, -0.2) is 18.4 Å². The predicted molar refractivity (Wildman–Crippen MR) is 81.5 cm³/mol. The van der Waals surface area contributed by atoms with Crippen LogP contribution in [0.2, 0.25) is 18.1 Å². The molecule has 108 valence electrons. The summed E-state index contributed by atoms with van der Waals surface area (Å²) in [4.78, 5) is 4.48. The van der Waals surface area contributed by atoms with E-state index in [1.165, 1.54) is 0 Å². The van der Waals surface area contributed by atoms with E-state index in [4.69, 9.17) is 4.43 Å². The normalized spacial score (nSPS) is 14.5. The zero-order valence-electron chi connectivity index (χ0n) is 13.0. The van der Waals surface area contributed by atoms with E-state index in [-0.39, 0.29) is 17.7 Å². The number of aliphatic hydroxyl groups excluding tert-OH is 1.